The molecule has 1 heterocycles. The van der Waals surface area contributed by atoms with Crippen LogP contribution in [0.15, 0.2) is 137 Å². The van der Waals surface area contributed by atoms with E-state index in [1.165, 1.54) is 93.9 Å². The molecule has 35 heteroatoms. The Morgan fingerprint density at radius 2 is 1.17 bits per heavy atom. The van der Waals surface area contributed by atoms with Crippen LogP contribution in [0.4, 0.5) is 15.3 Å². The Labute approximate surface area is 740 Å². The van der Waals surface area contributed by atoms with Gasteiger partial charge in [0.25, 0.3) is 5.91 Å². The minimum atomic E-state index is -4.23. The molecular weight excluding hydrogens is 1660 g/mol. The van der Waals surface area contributed by atoms with E-state index < -0.39 is 193 Å². The molecule has 126 heavy (non-hydrogen) atoms. The lowest BCUT2D eigenvalue weighted by atomic mass is 9.89. The largest absolute Gasteiger partial charge is 0.445 e. The van der Waals surface area contributed by atoms with Gasteiger partial charge in [-0.05, 0) is 136 Å². The highest BCUT2D eigenvalue weighted by molar-refractivity contribution is 7.92. The normalized spacial score (nSPS) is 15.8. The molecule has 11 N–H and O–H groups in total. The number of aliphatic hydroxyl groups is 1. The number of carbonyl (C=O) groups is 12. The monoisotopic (exact) mass is 1790 g/mol. The van der Waals surface area contributed by atoms with Crippen LogP contribution < -0.4 is 48.3 Å². The van der Waals surface area contributed by atoms with Crippen LogP contribution in [0.1, 0.15) is 170 Å². The van der Waals surface area contributed by atoms with Crippen molar-refractivity contribution in [3.63, 3.8) is 0 Å². The van der Waals surface area contributed by atoms with Crippen LogP contribution in [0.5, 0.6) is 0 Å². The van der Waals surface area contributed by atoms with Gasteiger partial charge in [-0.2, -0.15) is 0 Å². The zero-order valence-electron chi connectivity index (χ0n) is 75.4. The summed E-state index contributed by atoms with van der Waals surface area (Å²) in [5, 5.41) is 32.7. The molecule has 0 aliphatic carbocycles. The van der Waals surface area contributed by atoms with Gasteiger partial charge in [-0.15, -0.1) is 0 Å². The van der Waals surface area contributed by atoms with Crippen molar-refractivity contribution in [1.82, 2.24) is 51.9 Å². The molecule has 12 amide bonds. The Kier molecular flexibility index (Phi) is 40.8. The Morgan fingerprint density at radius 1 is 0.595 bits per heavy atom. The molecule has 5 aromatic carbocycles. The van der Waals surface area contributed by atoms with Crippen LogP contribution in [-0.2, 0) is 83.6 Å². The number of hydrogen-bond donors (Lipinski definition) is 10. The van der Waals surface area contributed by atoms with Crippen LogP contribution in [0, 0.1) is 49.4 Å². The van der Waals surface area contributed by atoms with Gasteiger partial charge >= 0.3 is 12.1 Å². The summed E-state index contributed by atoms with van der Waals surface area (Å²) in [7, 11) is -1.04. The molecule has 0 aromatic heterocycles. The van der Waals surface area contributed by atoms with Crippen molar-refractivity contribution in [3.05, 3.63) is 161 Å². The van der Waals surface area contributed by atoms with E-state index in [1.54, 1.807) is 142 Å². The van der Waals surface area contributed by atoms with Crippen molar-refractivity contribution in [2.24, 2.45) is 41.2 Å². The number of methoxy groups -OCH3 is 3. The van der Waals surface area contributed by atoms with E-state index in [4.69, 9.17) is 24.7 Å². The Balaban J connectivity index is 1.07. The van der Waals surface area contributed by atoms with Gasteiger partial charge in [-0.3, -0.25) is 52.8 Å². The first kappa shape index (κ1) is 104. The standard InChI is InChI=1S/C91H130N12O21S2/c1-18-59(10)79(73(122-16)50-75(105)103-48-23-27-72(103)82(123-17)60(11)83(108)95-61(12)80(106)63-24-20-19-21-25-63)101(13)89(114)77(55(4)5)100-88(113)78(56(6)7)102(14)91(116)124-51-62-32-38-67(39-33-62)96-86(111)70(26-22-46-94-90(92)115)98-87(112)76(54(2)3)99-74(104)45-44-71(85(110)93-47-49-121-15)97-84(109)65-36-34-64(35-37-65)81(107)66(52-125(117,118)68-40-28-57(8)29-41-68)53-126(119,120)69-42-30-58(9)31-43-69/h19-21,24-25,28-43,54-56,59-61,66,70-73,76-80,82,106H,18,22-23,26-27,44-53H2,1-17H3,(H,93,110)(H,95,108)(H,96,111)(H,97,109)(H,98,112)(H,99,104)(H,100,113)(H3,92,94,115)/t59-,60+,61+,70-,71+,72+,73-,76-,77-,78-,79+,80-,82+/m1/s1. The number of carbonyl (C=O) groups excluding carboxylic acids is 12. The van der Waals surface area contributed by atoms with E-state index in [1.807, 2.05) is 19.9 Å². The fraction of sp³-hybridized carbons (Fsp3) is 0.538. The molecule has 0 saturated carbocycles. The lowest BCUT2D eigenvalue weighted by Crippen LogP contribution is -2.60. The molecule has 1 aliphatic rings. The van der Waals surface area contributed by atoms with Gasteiger partial charge in [0.1, 0.15) is 36.8 Å². The van der Waals surface area contributed by atoms with Crippen molar-refractivity contribution in [2.45, 2.75) is 217 Å². The number of hydrogen-bond acceptors (Lipinski definition) is 21. The average Bonchev–Trinajstić information content (AvgIpc) is 1.00. The molecule has 0 spiro atoms. The maximum absolute atomic E-state index is 14.9. The summed E-state index contributed by atoms with van der Waals surface area (Å²) < 4.78 is 78.0. The van der Waals surface area contributed by atoms with Gasteiger partial charge in [0.15, 0.2) is 25.5 Å². The molecule has 1 fully saturated rings. The number of anilines is 1. The maximum Gasteiger partial charge on any atom is 0.410 e. The van der Waals surface area contributed by atoms with Crippen LogP contribution in [0.3, 0.4) is 0 Å². The summed E-state index contributed by atoms with van der Waals surface area (Å²) in [5.74, 6) is -12.0. The number of Topliss-reactive ketones (excluding diaryl/α,β-unsaturated/α-hetero) is 1. The number of rotatable bonds is 49. The van der Waals surface area contributed by atoms with E-state index in [9.17, 15) is 79.5 Å². The Morgan fingerprint density at radius 3 is 1.70 bits per heavy atom. The summed E-state index contributed by atoms with van der Waals surface area (Å²) in [6.07, 6.45) is -2.29. The van der Waals surface area contributed by atoms with E-state index in [-0.39, 0.29) is 96.3 Å². The highest BCUT2D eigenvalue weighted by atomic mass is 32.2. The number of likely N-dealkylation sites (N-methyl/N-ethyl adjacent to an activating group) is 2. The number of primary amides is 1. The topological polar surface area (TPSA) is 462 Å². The highest BCUT2D eigenvalue weighted by Gasteiger charge is 2.45. The first-order valence-corrected chi connectivity index (χ1v) is 46.0. The van der Waals surface area contributed by atoms with Crippen LogP contribution in [0.2, 0.25) is 0 Å². The first-order valence-electron chi connectivity index (χ1n) is 42.7. The molecule has 0 bridgehead atoms. The number of nitrogens with two attached hydrogens (primary N) is 1. The highest BCUT2D eigenvalue weighted by Crippen LogP contribution is 2.32. The minimum absolute atomic E-state index is 0.00974. The second-order valence-corrected chi connectivity index (χ2v) is 37.5. The van der Waals surface area contributed by atoms with Gasteiger partial charge in [-0.25, -0.2) is 26.4 Å². The van der Waals surface area contributed by atoms with E-state index in [0.717, 1.165) is 16.0 Å². The SMILES string of the molecule is CC[C@@H](C)[C@@H]([C@@H](CC(=O)N1CCC[C@H]1[C@@H](OC)[C@H](C)C(=O)N[C@@H](C)[C@@H](O)c1ccccc1)OC)N(C)C(=O)[C@H](NC(=O)[C@@H](C(C)C)N(C)C(=O)OCc1ccc(NC(=O)[C@@H](CCCNC(N)=O)NC(=O)[C@H](NC(=O)CC[C@H](NC(=O)c2ccc(C(=O)C(CS(=O)(=O)c3ccc(C)cc3)CS(=O)(=O)c3ccc(C)cc3)cc2)C(=O)NCCOC)C(C)C)cc1)C(C)C. The van der Waals surface area contributed by atoms with E-state index in [0.29, 0.717) is 36.9 Å². The van der Waals surface area contributed by atoms with Crippen LogP contribution in [-0.4, -0.2) is 241 Å². The number of ether oxygens (including phenoxy) is 4. The van der Waals surface area contributed by atoms with Crippen molar-refractivity contribution in [1.29, 1.82) is 0 Å². The third-order valence-corrected chi connectivity index (χ3v) is 26.5. The number of aliphatic hydroxyl groups excluding tert-OH is 1. The van der Waals surface area contributed by atoms with Crippen molar-refractivity contribution in [2.75, 3.05) is 78.5 Å². The zero-order valence-corrected chi connectivity index (χ0v) is 77.0. The van der Waals surface area contributed by atoms with E-state index in [2.05, 4.69) is 42.5 Å². The summed E-state index contributed by atoms with van der Waals surface area (Å²) in [6.45, 7) is 21.4. The molecule has 33 nitrogen and oxygen atoms in total. The molecule has 1 aliphatic heterocycles. The predicted molar refractivity (Wildman–Crippen MR) is 475 cm³/mol. The third kappa shape index (κ3) is 30.2. The predicted octanol–water partition coefficient (Wildman–Crippen LogP) is 7.30. The second kappa shape index (κ2) is 49.4. The Bertz CT molecular complexity index is 4640. The van der Waals surface area contributed by atoms with Crippen molar-refractivity contribution in [3.8, 4) is 0 Å². The molecule has 13 atom stereocenters. The number of sulfone groups is 2. The van der Waals surface area contributed by atoms with Crippen molar-refractivity contribution < 1.29 is 98.4 Å². The molecule has 1 saturated heterocycles. The summed E-state index contributed by atoms with van der Waals surface area (Å²) in [4.78, 5) is 172. The molecular formula is C91H130N12O21S2. The van der Waals surface area contributed by atoms with Crippen molar-refractivity contribution >= 4 is 96.4 Å². The second-order valence-electron chi connectivity index (χ2n) is 33.5. The van der Waals surface area contributed by atoms with E-state index >= 15 is 0 Å². The third-order valence-electron chi connectivity index (χ3n) is 22.8. The van der Waals surface area contributed by atoms with Crippen LogP contribution >= 0.6 is 0 Å². The fourth-order valence-electron chi connectivity index (χ4n) is 15.3. The zero-order chi connectivity index (χ0) is 93.6. The average molecular weight is 1790 g/mol. The van der Waals surface area contributed by atoms with Gasteiger partial charge in [-0.1, -0.05) is 159 Å². The number of ketones is 1. The number of aryl methyl sites for hydroxylation is 2. The fourth-order valence-corrected chi connectivity index (χ4v) is 18.5. The molecule has 692 valence electrons. The maximum atomic E-state index is 14.9. The number of urea groups is 1. The first-order chi connectivity index (χ1) is 59.5. The quantitative estimate of drug-likeness (QED) is 0.0135. The summed E-state index contributed by atoms with van der Waals surface area (Å²) in [6, 6.07) is 23.2. The van der Waals surface area contributed by atoms with Gasteiger partial charge < -0.3 is 82.1 Å². The molecule has 0 unspecified atom stereocenters. The number of benzene rings is 5. The number of likely N-dealkylation sites (tertiary alicyclic amines) is 1. The molecule has 5 aromatic rings. The number of amides is 12. The van der Waals surface area contributed by atoms with Crippen LogP contribution in [0.25, 0.3) is 0 Å². The Hall–Kier alpha value is -10.7. The lowest BCUT2D eigenvalue weighted by Gasteiger charge is -2.41. The lowest BCUT2D eigenvalue weighted by molar-refractivity contribution is -0.148. The summed E-state index contributed by atoms with van der Waals surface area (Å²) >= 11 is 0. The van der Waals surface area contributed by atoms with Gasteiger partial charge in [0.05, 0.1) is 82.6 Å². The summed E-state index contributed by atoms with van der Waals surface area (Å²) in [5.41, 5.74) is 8.05. The number of nitrogens with zero attached hydrogens (tertiary/aromatic N) is 3. The number of nitrogens with one attached hydrogen (secondary N) is 8. The minimum Gasteiger partial charge on any atom is -0.445 e. The smallest absolute Gasteiger partial charge is 0.410 e. The van der Waals surface area contributed by atoms with Gasteiger partial charge in [0, 0.05) is 78.3 Å². The van der Waals surface area contributed by atoms with Gasteiger partial charge in [0.2, 0.25) is 47.3 Å². The molecule has 0 radical (unpaired) electrons. The molecule has 6 rings (SSSR count).